The maximum Gasteiger partial charge on any atom is 0.252 e. The highest BCUT2D eigenvalue weighted by atomic mass is 16.1. The predicted molar refractivity (Wildman–Crippen MR) is 46.5 cm³/mol. The van der Waals surface area contributed by atoms with Crippen LogP contribution in [0.4, 0.5) is 0 Å². The molecule has 2 aromatic heterocycles. The van der Waals surface area contributed by atoms with Crippen molar-refractivity contribution in [3.63, 3.8) is 0 Å². The largest absolute Gasteiger partial charge is 0.283 e. The molecule has 0 aliphatic rings. The second kappa shape index (κ2) is 3.33. The van der Waals surface area contributed by atoms with Gasteiger partial charge in [0.2, 0.25) is 5.82 Å². The lowest BCUT2D eigenvalue weighted by Crippen LogP contribution is -2.06. The Morgan fingerprint density at radius 2 is 2.07 bits per heavy atom. The molecular weight excluding hydrogens is 182 g/mol. The van der Waals surface area contributed by atoms with Crippen molar-refractivity contribution >= 4 is 5.78 Å². The molecule has 0 saturated heterocycles. The molecule has 6 heteroatoms. The number of carbonyl (C=O) groups is 1. The topological polar surface area (TPSA) is 73.6 Å². The average Bonchev–Trinajstić information content (AvgIpc) is 2.65. The Morgan fingerprint density at radius 1 is 1.36 bits per heavy atom. The lowest BCUT2D eigenvalue weighted by molar-refractivity contribution is 0.102. The zero-order valence-corrected chi connectivity index (χ0v) is 7.45. The molecule has 0 spiro atoms. The standard InChI is InChI=1S/C8H7N5O/c1-13-5-6(11-12-13)7(14)8-9-3-2-4-10-8/h2-5H,1H3. The molecule has 0 fully saturated rings. The van der Waals surface area contributed by atoms with Gasteiger partial charge in [0.25, 0.3) is 5.78 Å². The smallest absolute Gasteiger partial charge is 0.252 e. The van der Waals surface area contributed by atoms with Crippen LogP contribution in [0.5, 0.6) is 0 Å². The molecule has 6 nitrogen and oxygen atoms in total. The van der Waals surface area contributed by atoms with Crippen molar-refractivity contribution in [2.45, 2.75) is 0 Å². The van der Waals surface area contributed by atoms with Gasteiger partial charge in [0.15, 0.2) is 5.69 Å². The summed E-state index contributed by atoms with van der Waals surface area (Å²) in [5.74, 6) is -0.188. The summed E-state index contributed by atoms with van der Waals surface area (Å²) in [6.07, 6.45) is 4.55. The van der Waals surface area contributed by atoms with E-state index in [-0.39, 0.29) is 17.3 Å². The Kier molecular flexibility index (Phi) is 2.02. The van der Waals surface area contributed by atoms with E-state index in [0.29, 0.717) is 0 Å². The van der Waals surface area contributed by atoms with Gasteiger partial charge in [-0.25, -0.2) is 9.97 Å². The van der Waals surface area contributed by atoms with Crippen molar-refractivity contribution in [1.29, 1.82) is 0 Å². The van der Waals surface area contributed by atoms with Crippen LogP contribution < -0.4 is 0 Å². The first-order valence-electron chi connectivity index (χ1n) is 3.95. The summed E-state index contributed by atoms with van der Waals surface area (Å²) < 4.78 is 1.45. The van der Waals surface area contributed by atoms with E-state index in [9.17, 15) is 4.79 Å². The molecule has 2 aromatic rings. The molecule has 0 aliphatic heterocycles. The summed E-state index contributed by atoms with van der Waals surface area (Å²) in [5, 5.41) is 7.33. The summed E-state index contributed by atoms with van der Waals surface area (Å²) in [7, 11) is 1.69. The Balaban J connectivity index is 2.34. The van der Waals surface area contributed by atoms with Crippen LogP contribution >= 0.6 is 0 Å². The molecule has 0 saturated carbocycles. The number of hydrogen-bond acceptors (Lipinski definition) is 5. The fourth-order valence-electron chi connectivity index (χ4n) is 0.982. The lowest BCUT2D eigenvalue weighted by atomic mass is 10.3. The van der Waals surface area contributed by atoms with Crippen molar-refractivity contribution in [3.05, 3.63) is 36.2 Å². The number of nitrogens with zero attached hydrogens (tertiary/aromatic N) is 5. The molecule has 0 radical (unpaired) electrons. The third-order valence-electron chi connectivity index (χ3n) is 1.60. The van der Waals surface area contributed by atoms with Crippen LogP contribution in [0.2, 0.25) is 0 Å². The third-order valence-corrected chi connectivity index (χ3v) is 1.60. The van der Waals surface area contributed by atoms with E-state index in [0.717, 1.165) is 0 Å². The molecule has 2 heterocycles. The fourth-order valence-corrected chi connectivity index (χ4v) is 0.982. The van der Waals surface area contributed by atoms with Gasteiger partial charge in [-0.1, -0.05) is 5.21 Å². The predicted octanol–water partition coefficient (Wildman–Crippen LogP) is -0.164. The Bertz CT molecular complexity index is 450. The summed E-state index contributed by atoms with van der Waals surface area (Å²) in [6, 6.07) is 1.65. The van der Waals surface area contributed by atoms with Crippen LogP contribution in [-0.2, 0) is 7.05 Å². The van der Waals surface area contributed by atoms with E-state index in [1.165, 1.54) is 23.3 Å². The number of aryl methyl sites for hydroxylation is 1. The van der Waals surface area contributed by atoms with E-state index >= 15 is 0 Å². The molecule has 2 rings (SSSR count). The summed E-state index contributed by atoms with van der Waals surface area (Å²) in [5.41, 5.74) is 0.249. The second-order valence-corrected chi connectivity index (χ2v) is 2.68. The van der Waals surface area contributed by atoms with Gasteiger partial charge in [0.05, 0.1) is 6.20 Å². The molecule has 0 amide bonds. The van der Waals surface area contributed by atoms with E-state index in [2.05, 4.69) is 20.3 Å². The molecule has 14 heavy (non-hydrogen) atoms. The SMILES string of the molecule is Cn1cc(C(=O)c2ncccn2)nn1. The van der Waals surface area contributed by atoms with Gasteiger partial charge >= 0.3 is 0 Å². The van der Waals surface area contributed by atoms with Crippen LogP contribution in [0, 0.1) is 0 Å². The zero-order valence-electron chi connectivity index (χ0n) is 7.45. The first kappa shape index (κ1) is 8.49. The van der Waals surface area contributed by atoms with E-state index < -0.39 is 0 Å². The summed E-state index contributed by atoms with van der Waals surface area (Å²) in [6.45, 7) is 0. The summed E-state index contributed by atoms with van der Waals surface area (Å²) >= 11 is 0. The monoisotopic (exact) mass is 189 g/mol. The lowest BCUT2D eigenvalue weighted by Gasteiger charge is -1.92. The van der Waals surface area contributed by atoms with Crippen LogP contribution in [0.3, 0.4) is 0 Å². The number of rotatable bonds is 2. The van der Waals surface area contributed by atoms with Crippen LogP contribution in [0.1, 0.15) is 16.3 Å². The van der Waals surface area contributed by atoms with Gasteiger partial charge in [0, 0.05) is 19.4 Å². The molecule has 0 atom stereocenters. The average molecular weight is 189 g/mol. The highest BCUT2D eigenvalue weighted by Crippen LogP contribution is 1.99. The number of aromatic nitrogens is 5. The summed E-state index contributed by atoms with van der Waals surface area (Å²) in [4.78, 5) is 19.3. The van der Waals surface area contributed by atoms with Gasteiger partial charge in [0.1, 0.15) is 0 Å². The molecule has 0 bridgehead atoms. The van der Waals surface area contributed by atoms with Crippen molar-refractivity contribution in [1.82, 2.24) is 25.0 Å². The molecular formula is C8H7N5O. The quantitative estimate of drug-likeness (QED) is 0.613. The van der Waals surface area contributed by atoms with Gasteiger partial charge in [-0.3, -0.25) is 9.48 Å². The molecule has 0 aromatic carbocycles. The zero-order chi connectivity index (χ0) is 9.97. The minimum atomic E-state index is -0.321. The maximum absolute atomic E-state index is 11.6. The minimum Gasteiger partial charge on any atom is -0.283 e. The van der Waals surface area contributed by atoms with Crippen molar-refractivity contribution < 1.29 is 4.79 Å². The minimum absolute atomic E-state index is 0.132. The van der Waals surface area contributed by atoms with Crippen LogP contribution in [0.25, 0.3) is 0 Å². The van der Waals surface area contributed by atoms with Crippen LogP contribution in [0.15, 0.2) is 24.7 Å². The Morgan fingerprint density at radius 3 is 2.64 bits per heavy atom. The molecule has 0 unspecified atom stereocenters. The van der Waals surface area contributed by atoms with E-state index in [1.807, 2.05) is 0 Å². The van der Waals surface area contributed by atoms with Gasteiger partial charge in [-0.2, -0.15) is 0 Å². The van der Waals surface area contributed by atoms with Gasteiger partial charge < -0.3 is 0 Å². The molecule has 70 valence electrons. The van der Waals surface area contributed by atoms with E-state index in [1.54, 1.807) is 13.1 Å². The Hall–Kier alpha value is -2.11. The first-order valence-corrected chi connectivity index (χ1v) is 3.95. The number of ketones is 1. The van der Waals surface area contributed by atoms with Crippen LogP contribution in [-0.4, -0.2) is 30.7 Å². The maximum atomic E-state index is 11.6. The first-order chi connectivity index (χ1) is 6.77. The highest BCUT2D eigenvalue weighted by molar-refractivity contribution is 6.04. The third kappa shape index (κ3) is 1.49. The Labute approximate surface area is 79.6 Å². The van der Waals surface area contributed by atoms with Gasteiger partial charge in [-0.15, -0.1) is 5.10 Å². The molecule has 0 N–H and O–H groups in total. The molecule has 0 aliphatic carbocycles. The normalized spacial score (nSPS) is 10.1. The van der Waals surface area contributed by atoms with Crippen molar-refractivity contribution in [3.8, 4) is 0 Å². The number of carbonyl (C=O) groups excluding carboxylic acids is 1. The van der Waals surface area contributed by atoms with Crippen molar-refractivity contribution in [2.75, 3.05) is 0 Å². The fraction of sp³-hybridized carbons (Fsp3) is 0.125. The van der Waals surface area contributed by atoms with Gasteiger partial charge in [-0.05, 0) is 6.07 Å². The van der Waals surface area contributed by atoms with E-state index in [4.69, 9.17) is 0 Å². The highest BCUT2D eigenvalue weighted by Gasteiger charge is 2.14. The number of hydrogen-bond donors (Lipinski definition) is 0. The van der Waals surface area contributed by atoms with Crippen molar-refractivity contribution in [2.24, 2.45) is 7.05 Å². The second-order valence-electron chi connectivity index (χ2n) is 2.68.